The second-order valence-electron chi connectivity index (χ2n) is 9.76. The van der Waals surface area contributed by atoms with Gasteiger partial charge in [0.1, 0.15) is 5.82 Å². The van der Waals surface area contributed by atoms with Gasteiger partial charge in [-0.1, -0.05) is 38.1 Å². The lowest BCUT2D eigenvalue weighted by atomic mass is 10.1. The molecule has 0 radical (unpaired) electrons. The summed E-state index contributed by atoms with van der Waals surface area (Å²) in [6.07, 6.45) is 3.28. The normalized spacial score (nSPS) is 15.3. The Kier molecular flexibility index (Phi) is 7.40. The number of imidazole rings is 1. The molecule has 3 aromatic rings. The zero-order valence-corrected chi connectivity index (χ0v) is 20.8. The molecule has 0 unspecified atom stereocenters. The first kappa shape index (κ1) is 24.7. The molecule has 2 aliphatic rings. The number of hydrogen-bond acceptors (Lipinski definition) is 4. The molecular weight excluding hydrogens is 442 g/mol. The van der Waals surface area contributed by atoms with Crippen molar-refractivity contribution in [3.63, 3.8) is 0 Å². The predicted octanol–water partition coefficient (Wildman–Crippen LogP) is 4.74. The average Bonchev–Trinajstić information content (AvgIpc) is 3.60. The molecule has 186 valence electrons. The Morgan fingerprint density at radius 2 is 1.91 bits per heavy atom. The molecule has 1 aliphatic heterocycles. The highest BCUT2D eigenvalue weighted by Gasteiger charge is 2.39. The molecule has 1 saturated carbocycles. The first-order valence-corrected chi connectivity index (χ1v) is 12.3. The average molecular weight is 478 g/mol. The van der Waals surface area contributed by atoms with Gasteiger partial charge in [-0.2, -0.15) is 0 Å². The Bertz CT molecular complexity index is 1210. The number of urea groups is 1. The summed E-state index contributed by atoms with van der Waals surface area (Å²) in [6, 6.07) is 15.0. The molecule has 5 rings (SSSR count). The number of carbonyl (C=O) groups excluding carboxylic acids is 1. The van der Waals surface area contributed by atoms with Crippen LogP contribution in [0.25, 0.3) is 11.0 Å². The monoisotopic (exact) mass is 477 g/mol. The van der Waals surface area contributed by atoms with Gasteiger partial charge < -0.3 is 20.3 Å². The fourth-order valence-electron chi connectivity index (χ4n) is 4.49. The number of aliphatic carboxylic acids is 1. The standard InChI is InChI=1S/C25H31N5O.C2H4O2/c1-17(2)11-12-28-23-10-7-18(14-26)13-21(23)27-24(28)16-30-22-6-4-3-5-19(22)15-29(25(30)31)20-8-9-20;1-2(3)4/h3-7,10,13,17,20H,8-9,11-12,14-16,26H2,1-2H3;1H3,(H,3,4). The summed E-state index contributed by atoms with van der Waals surface area (Å²) in [7, 11) is 0. The number of hydrogen-bond donors (Lipinski definition) is 2. The molecule has 8 heteroatoms. The second-order valence-corrected chi connectivity index (χ2v) is 9.76. The molecule has 0 saturated heterocycles. The maximum Gasteiger partial charge on any atom is 0.325 e. The van der Waals surface area contributed by atoms with E-state index < -0.39 is 5.97 Å². The van der Waals surface area contributed by atoms with Gasteiger partial charge in [-0.25, -0.2) is 9.78 Å². The quantitative estimate of drug-likeness (QED) is 0.512. The van der Waals surface area contributed by atoms with Crippen molar-refractivity contribution in [3.8, 4) is 0 Å². The zero-order chi connectivity index (χ0) is 25.1. The van der Waals surface area contributed by atoms with E-state index in [9.17, 15) is 4.79 Å². The van der Waals surface area contributed by atoms with Crippen LogP contribution in [-0.2, 0) is 31.0 Å². The topological polar surface area (TPSA) is 105 Å². The Hall–Kier alpha value is -3.39. The smallest absolute Gasteiger partial charge is 0.325 e. The number of aryl methyl sites for hydroxylation is 1. The van der Waals surface area contributed by atoms with Crippen LogP contribution in [0.2, 0.25) is 0 Å². The van der Waals surface area contributed by atoms with Crippen LogP contribution >= 0.6 is 0 Å². The lowest BCUT2D eigenvalue weighted by molar-refractivity contribution is -0.134. The van der Waals surface area contributed by atoms with E-state index >= 15 is 0 Å². The van der Waals surface area contributed by atoms with Crippen LogP contribution in [0.1, 0.15) is 57.0 Å². The molecule has 1 aromatic heterocycles. The fourth-order valence-corrected chi connectivity index (χ4v) is 4.49. The molecule has 2 aromatic carbocycles. The minimum absolute atomic E-state index is 0.103. The minimum Gasteiger partial charge on any atom is -0.481 e. The maximum atomic E-state index is 13.5. The van der Waals surface area contributed by atoms with E-state index in [1.165, 1.54) is 5.56 Å². The van der Waals surface area contributed by atoms with Crippen molar-refractivity contribution in [1.82, 2.24) is 14.5 Å². The Labute approximate surface area is 206 Å². The van der Waals surface area contributed by atoms with Crippen molar-refractivity contribution in [3.05, 3.63) is 59.4 Å². The number of nitrogens with zero attached hydrogens (tertiary/aromatic N) is 4. The van der Waals surface area contributed by atoms with Crippen molar-refractivity contribution >= 4 is 28.7 Å². The molecule has 3 N–H and O–H groups in total. The van der Waals surface area contributed by atoms with Gasteiger partial charge in [0.25, 0.3) is 5.97 Å². The van der Waals surface area contributed by atoms with E-state index in [0.29, 0.717) is 31.6 Å². The molecule has 2 amide bonds. The highest BCUT2D eigenvalue weighted by Crippen LogP contribution is 2.37. The maximum absolute atomic E-state index is 13.5. The summed E-state index contributed by atoms with van der Waals surface area (Å²) in [4.78, 5) is 31.4. The number of para-hydroxylation sites is 1. The van der Waals surface area contributed by atoms with Gasteiger partial charge in [-0.3, -0.25) is 9.69 Å². The number of benzene rings is 2. The second kappa shape index (κ2) is 10.5. The van der Waals surface area contributed by atoms with Gasteiger partial charge >= 0.3 is 6.03 Å². The molecule has 0 spiro atoms. The molecule has 0 atom stereocenters. The number of anilines is 1. The van der Waals surface area contributed by atoms with Crippen molar-refractivity contribution in [2.24, 2.45) is 11.7 Å². The SMILES string of the molecule is CC(=O)O.CC(C)CCn1c(CN2C(=O)N(C3CC3)Cc3ccccc32)nc2cc(CN)ccc21. The number of amides is 2. The van der Waals surface area contributed by atoms with E-state index in [1.54, 1.807) is 0 Å². The highest BCUT2D eigenvalue weighted by atomic mass is 16.4. The van der Waals surface area contributed by atoms with Crippen LogP contribution in [-0.4, -0.2) is 37.6 Å². The summed E-state index contributed by atoms with van der Waals surface area (Å²) >= 11 is 0. The molecule has 1 aliphatic carbocycles. The number of carboxylic acids is 1. The number of aromatic nitrogens is 2. The summed E-state index contributed by atoms with van der Waals surface area (Å²) < 4.78 is 2.29. The molecule has 1 fully saturated rings. The molecule has 0 bridgehead atoms. The van der Waals surface area contributed by atoms with Gasteiger partial charge in [-0.15, -0.1) is 0 Å². The summed E-state index contributed by atoms with van der Waals surface area (Å²) in [5.74, 6) is 0.696. The number of fused-ring (bicyclic) bond motifs is 2. The summed E-state index contributed by atoms with van der Waals surface area (Å²) in [5.41, 5.74) is 11.2. The summed E-state index contributed by atoms with van der Waals surface area (Å²) in [6.45, 7) is 8.13. The van der Waals surface area contributed by atoms with Crippen LogP contribution in [0.3, 0.4) is 0 Å². The Morgan fingerprint density at radius 3 is 2.57 bits per heavy atom. The lowest BCUT2D eigenvalue weighted by Gasteiger charge is -2.37. The van der Waals surface area contributed by atoms with Gasteiger partial charge in [-0.05, 0) is 54.5 Å². The number of carbonyl (C=O) groups is 2. The number of nitrogens with two attached hydrogens (primary N) is 1. The van der Waals surface area contributed by atoms with Crippen LogP contribution in [0.5, 0.6) is 0 Å². The van der Waals surface area contributed by atoms with Crippen LogP contribution in [0, 0.1) is 5.92 Å². The number of rotatable bonds is 7. The molecule has 8 nitrogen and oxygen atoms in total. The largest absolute Gasteiger partial charge is 0.481 e. The van der Waals surface area contributed by atoms with Crippen LogP contribution in [0.4, 0.5) is 10.5 Å². The third-order valence-corrected chi connectivity index (χ3v) is 6.44. The van der Waals surface area contributed by atoms with E-state index in [4.69, 9.17) is 20.6 Å². The van der Waals surface area contributed by atoms with E-state index in [-0.39, 0.29) is 6.03 Å². The van der Waals surface area contributed by atoms with Crippen molar-refractivity contribution in [1.29, 1.82) is 0 Å². The molecular formula is C27H35N5O3. The third-order valence-electron chi connectivity index (χ3n) is 6.44. The van der Waals surface area contributed by atoms with Crippen molar-refractivity contribution in [2.45, 2.75) is 72.3 Å². The lowest BCUT2D eigenvalue weighted by Crippen LogP contribution is -2.48. The Morgan fingerprint density at radius 1 is 1.20 bits per heavy atom. The molecule has 35 heavy (non-hydrogen) atoms. The fraction of sp³-hybridized carbons (Fsp3) is 0.444. The zero-order valence-electron chi connectivity index (χ0n) is 20.8. The Balaban J connectivity index is 0.000000672. The highest BCUT2D eigenvalue weighted by molar-refractivity contribution is 5.95. The van der Waals surface area contributed by atoms with Gasteiger partial charge in [0.05, 0.1) is 23.3 Å². The van der Waals surface area contributed by atoms with Crippen LogP contribution < -0.4 is 10.6 Å². The van der Waals surface area contributed by atoms with Crippen molar-refractivity contribution in [2.75, 3.05) is 4.90 Å². The predicted molar refractivity (Wildman–Crippen MR) is 137 cm³/mol. The first-order valence-electron chi connectivity index (χ1n) is 12.3. The minimum atomic E-state index is -0.833. The number of carboxylic acid groups (broad SMARTS) is 1. The third kappa shape index (κ3) is 5.65. The van der Waals surface area contributed by atoms with Gasteiger partial charge in [0.2, 0.25) is 0 Å². The summed E-state index contributed by atoms with van der Waals surface area (Å²) in [5, 5.41) is 7.42. The van der Waals surface area contributed by atoms with Crippen LogP contribution in [0.15, 0.2) is 42.5 Å². The van der Waals surface area contributed by atoms with E-state index in [2.05, 4.69) is 54.8 Å². The molecule has 2 heterocycles. The van der Waals surface area contributed by atoms with E-state index in [1.807, 2.05) is 15.9 Å². The first-order chi connectivity index (χ1) is 16.8. The van der Waals surface area contributed by atoms with E-state index in [0.717, 1.165) is 60.8 Å². The van der Waals surface area contributed by atoms with Gasteiger partial charge in [0.15, 0.2) is 0 Å². The van der Waals surface area contributed by atoms with Crippen molar-refractivity contribution < 1.29 is 14.7 Å². The van der Waals surface area contributed by atoms with Gasteiger partial charge in [0, 0.05) is 32.6 Å².